The second-order valence-corrected chi connectivity index (χ2v) is 10.0. The van der Waals surface area contributed by atoms with Crippen molar-refractivity contribution in [3.05, 3.63) is 0 Å². The summed E-state index contributed by atoms with van der Waals surface area (Å²) in [6, 6.07) is 0.260. The van der Waals surface area contributed by atoms with Gasteiger partial charge in [0, 0.05) is 12.1 Å². The summed E-state index contributed by atoms with van der Waals surface area (Å²) in [6.45, 7) is 4.49. The first-order valence-corrected chi connectivity index (χ1v) is 11.5. The molecule has 0 aromatic rings. The van der Waals surface area contributed by atoms with Gasteiger partial charge in [0.05, 0.1) is 5.92 Å². The highest BCUT2D eigenvalue weighted by Gasteiger charge is 2.53. The fraction of sp³-hybridized carbons (Fsp3) is 0.870. The first kappa shape index (κ1) is 22.1. The molecule has 2 N–H and O–H groups in total. The molecule has 0 radical (unpaired) electrons. The molecule has 0 aromatic heterocycles. The van der Waals surface area contributed by atoms with Gasteiger partial charge in [-0.05, 0) is 88.9 Å². The van der Waals surface area contributed by atoms with Gasteiger partial charge in [-0.2, -0.15) is 0 Å². The SMILES string of the molecule is CC1CCC(N(C(=O)C2(C(=O)O)CCC(C(=O)O)CC2)C2CCC(C)CC2)CC1. The molecule has 0 aromatic carbocycles. The summed E-state index contributed by atoms with van der Waals surface area (Å²) in [4.78, 5) is 39.6. The maximum Gasteiger partial charge on any atom is 0.319 e. The number of carboxylic acids is 2. The molecule has 0 atom stereocenters. The zero-order valence-corrected chi connectivity index (χ0v) is 17.9. The van der Waals surface area contributed by atoms with Gasteiger partial charge in [0.1, 0.15) is 5.41 Å². The number of rotatable bonds is 5. The van der Waals surface area contributed by atoms with Gasteiger partial charge < -0.3 is 15.1 Å². The van der Waals surface area contributed by atoms with Crippen LogP contribution in [-0.4, -0.2) is 45.0 Å². The zero-order valence-electron chi connectivity index (χ0n) is 17.9. The molecule has 29 heavy (non-hydrogen) atoms. The van der Waals surface area contributed by atoms with E-state index < -0.39 is 23.3 Å². The fourth-order valence-electron chi connectivity index (χ4n) is 5.79. The third-order valence-electron chi connectivity index (χ3n) is 8.00. The summed E-state index contributed by atoms with van der Waals surface area (Å²) in [5.74, 6) is -1.38. The van der Waals surface area contributed by atoms with Gasteiger partial charge in [0.15, 0.2) is 0 Å². The molecule has 0 heterocycles. The standard InChI is InChI=1S/C23H37NO5/c1-15-3-7-18(8-4-15)24(19-9-5-16(2)6-10-19)21(27)23(22(28)29)13-11-17(12-14-23)20(25)26/h15-19H,3-14H2,1-2H3,(H,25,26)(H,28,29). The van der Waals surface area contributed by atoms with E-state index in [1.54, 1.807) is 0 Å². The lowest BCUT2D eigenvalue weighted by Gasteiger charge is -2.47. The molecule has 0 spiro atoms. The van der Waals surface area contributed by atoms with E-state index in [1.807, 2.05) is 4.90 Å². The highest BCUT2D eigenvalue weighted by Crippen LogP contribution is 2.44. The number of hydrogen-bond acceptors (Lipinski definition) is 3. The van der Waals surface area contributed by atoms with Crippen molar-refractivity contribution in [2.24, 2.45) is 23.2 Å². The molecule has 0 aliphatic heterocycles. The second kappa shape index (κ2) is 9.05. The van der Waals surface area contributed by atoms with E-state index in [0.29, 0.717) is 11.8 Å². The van der Waals surface area contributed by atoms with E-state index in [0.717, 1.165) is 51.4 Å². The van der Waals surface area contributed by atoms with Crippen molar-refractivity contribution in [2.75, 3.05) is 0 Å². The molecule has 3 aliphatic rings. The Kier molecular flexibility index (Phi) is 6.90. The maximum absolute atomic E-state index is 13.9. The quantitative estimate of drug-likeness (QED) is 0.662. The van der Waals surface area contributed by atoms with Crippen molar-refractivity contribution >= 4 is 17.8 Å². The van der Waals surface area contributed by atoms with Crippen LogP contribution in [0.5, 0.6) is 0 Å². The number of carbonyl (C=O) groups excluding carboxylic acids is 1. The normalized spacial score (nSPS) is 38.2. The van der Waals surface area contributed by atoms with Crippen molar-refractivity contribution in [3.8, 4) is 0 Å². The first-order valence-electron chi connectivity index (χ1n) is 11.5. The molecule has 0 bridgehead atoms. The van der Waals surface area contributed by atoms with Crippen molar-refractivity contribution in [2.45, 2.75) is 103 Å². The summed E-state index contributed by atoms with van der Waals surface area (Å²) in [6.07, 6.45) is 8.95. The van der Waals surface area contributed by atoms with Crippen molar-refractivity contribution in [3.63, 3.8) is 0 Å². The van der Waals surface area contributed by atoms with Crippen LogP contribution in [0.1, 0.15) is 90.9 Å². The van der Waals surface area contributed by atoms with Crippen LogP contribution in [0.3, 0.4) is 0 Å². The first-order chi connectivity index (χ1) is 13.7. The highest BCUT2D eigenvalue weighted by atomic mass is 16.4. The Morgan fingerprint density at radius 2 is 1.14 bits per heavy atom. The van der Waals surface area contributed by atoms with Crippen molar-refractivity contribution in [1.29, 1.82) is 0 Å². The Morgan fingerprint density at radius 3 is 1.48 bits per heavy atom. The van der Waals surface area contributed by atoms with Crippen LogP contribution in [0, 0.1) is 23.2 Å². The molecule has 0 unspecified atom stereocenters. The Labute approximate surface area is 174 Å². The number of nitrogens with zero attached hydrogens (tertiary/aromatic N) is 1. The van der Waals surface area contributed by atoms with Crippen molar-refractivity contribution < 1.29 is 24.6 Å². The monoisotopic (exact) mass is 407 g/mol. The molecule has 3 fully saturated rings. The number of amides is 1. The van der Waals surface area contributed by atoms with Gasteiger partial charge in [-0.15, -0.1) is 0 Å². The zero-order chi connectivity index (χ0) is 21.2. The molecular formula is C23H37NO5. The average Bonchev–Trinajstić information content (AvgIpc) is 2.70. The van der Waals surface area contributed by atoms with Crippen LogP contribution in [0.25, 0.3) is 0 Å². The lowest BCUT2D eigenvalue weighted by Crippen LogP contribution is -2.58. The molecule has 3 saturated carbocycles. The van der Waals surface area contributed by atoms with Gasteiger partial charge in [-0.3, -0.25) is 14.4 Å². The van der Waals surface area contributed by atoms with E-state index in [2.05, 4.69) is 13.8 Å². The van der Waals surface area contributed by atoms with Gasteiger partial charge in [0.2, 0.25) is 5.91 Å². The molecule has 3 rings (SSSR count). The average molecular weight is 408 g/mol. The smallest absolute Gasteiger partial charge is 0.319 e. The van der Waals surface area contributed by atoms with E-state index in [9.17, 15) is 24.6 Å². The minimum atomic E-state index is -1.45. The van der Waals surface area contributed by atoms with E-state index in [4.69, 9.17) is 0 Å². The van der Waals surface area contributed by atoms with E-state index in [-0.39, 0.29) is 43.7 Å². The van der Waals surface area contributed by atoms with E-state index >= 15 is 0 Å². The van der Waals surface area contributed by atoms with Gasteiger partial charge in [-0.1, -0.05) is 13.8 Å². The van der Waals surface area contributed by atoms with Gasteiger partial charge in [0.25, 0.3) is 0 Å². The summed E-state index contributed by atoms with van der Waals surface area (Å²) < 4.78 is 0. The summed E-state index contributed by atoms with van der Waals surface area (Å²) >= 11 is 0. The summed E-state index contributed by atoms with van der Waals surface area (Å²) in [5.41, 5.74) is -1.45. The number of carboxylic acid groups (broad SMARTS) is 2. The number of aliphatic carboxylic acids is 2. The van der Waals surface area contributed by atoms with Gasteiger partial charge >= 0.3 is 11.9 Å². The Morgan fingerprint density at radius 1 is 0.724 bits per heavy atom. The molecule has 6 heteroatoms. The van der Waals surface area contributed by atoms with Crippen LogP contribution in [-0.2, 0) is 14.4 Å². The van der Waals surface area contributed by atoms with E-state index in [1.165, 1.54) is 0 Å². The number of hydrogen-bond donors (Lipinski definition) is 2. The molecular weight excluding hydrogens is 370 g/mol. The Bertz CT molecular complexity index is 587. The molecule has 1 amide bonds. The summed E-state index contributed by atoms with van der Waals surface area (Å²) in [5, 5.41) is 19.4. The van der Waals surface area contributed by atoms with Gasteiger partial charge in [-0.25, -0.2) is 0 Å². The minimum Gasteiger partial charge on any atom is -0.481 e. The predicted molar refractivity (Wildman–Crippen MR) is 109 cm³/mol. The lowest BCUT2D eigenvalue weighted by molar-refractivity contribution is -0.170. The molecule has 0 saturated heterocycles. The third-order valence-corrected chi connectivity index (χ3v) is 8.00. The largest absolute Gasteiger partial charge is 0.481 e. The highest BCUT2D eigenvalue weighted by molar-refractivity contribution is 6.02. The van der Waals surface area contributed by atoms with Crippen molar-refractivity contribution in [1.82, 2.24) is 4.90 Å². The topological polar surface area (TPSA) is 94.9 Å². The van der Waals surface area contributed by atoms with Crippen LogP contribution >= 0.6 is 0 Å². The summed E-state index contributed by atoms with van der Waals surface area (Å²) in [7, 11) is 0. The third kappa shape index (κ3) is 4.61. The fourth-order valence-corrected chi connectivity index (χ4v) is 5.79. The predicted octanol–water partition coefficient (Wildman–Crippen LogP) is 4.32. The number of carbonyl (C=O) groups is 3. The van der Waals surface area contributed by atoms with Crippen LogP contribution in [0.15, 0.2) is 0 Å². The molecule has 6 nitrogen and oxygen atoms in total. The van der Waals surface area contributed by atoms with Crippen LogP contribution in [0.2, 0.25) is 0 Å². The molecule has 164 valence electrons. The lowest BCUT2D eigenvalue weighted by atomic mass is 9.68. The van der Waals surface area contributed by atoms with Crippen LogP contribution in [0.4, 0.5) is 0 Å². The second-order valence-electron chi connectivity index (χ2n) is 10.0. The maximum atomic E-state index is 13.9. The molecule has 3 aliphatic carbocycles. The Balaban J connectivity index is 1.85. The van der Waals surface area contributed by atoms with Crippen LogP contribution < -0.4 is 0 Å². The minimum absolute atomic E-state index is 0.130. The Hall–Kier alpha value is -1.59.